The number of urea groups is 1. The number of ether oxygens (including phenoxy) is 1. The van der Waals surface area contributed by atoms with Gasteiger partial charge in [0.2, 0.25) is 0 Å². The predicted molar refractivity (Wildman–Crippen MR) is 197 cm³/mol. The van der Waals surface area contributed by atoms with Gasteiger partial charge < -0.3 is 39.2 Å². The second-order valence-electron chi connectivity index (χ2n) is 15.1. The van der Waals surface area contributed by atoms with Gasteiger partial charge in [-0.15, -0.1) is 0 Å². The summed E-state index contributed by atoms with van der Waals surface area (Å²) in [5.74, 6) is -2.40. The van der Waals surface area contributed by atoms with Gasteiger partial charge in [-0.1, -0.05) is 24.3 Å². The maximum Gasteiger partial charge on any atom is 0.419 e. The number of benzene rings is 2. The smallest absolute Gasteiger partial charge is 0.419 e. The first kappa shape index (κ1) is 37.0. The number of aromatic nitrogens is 1. The highest BCUT2D eigenvalue weighted by molar-refractivity contribution is 6.31. The number of likely N-dealkylation sites (tertiary alicyclic amines) is 3. The summed E-state index contributed by atoms with van der Waals surface area (Å²) >= 11 is 0. The van der Waals surface area contributed by atoms with E-state index in [0.717, 1.165) is 48.9 Å². The third-order valence-electron chi connectivity index (χ3n) is 11.9. The Morgan fingerprint density at radius 3 is 2.17 bits per heavy atom. The van der Waals surface area contributed by atoms with E-state index in [1.54, 1.807) is 22.9 Å². The average Bonchev–Trinajstić information content (AvgIpc) is 3.35. The summed E-state index contributed by atoms with van der Waals surface area (Å²) in [6.07, 6.45) is 3.27. The maximum absolute atomic E-state index is 14.2. The Balaban J connectivity index is 1.00. The number of nitrogens with one attached hydrogen (secondary N) is 1. The van der Waals surface area contributed by atoms with Gasteiger partial charge in [-0.25, -0.2) is 19.2 Å². The molecule has 15 nitrogen and oxygen atoms in total. The zero-order valence-corrected chi connectivity index (χ0v) is 30.8. The highest BCUT2D eigenvalue weighted by atomic mass is 16.6. The van der Waals surface area contributed by atoms with Crippen LogP contribution in [0.4, 0.5) is 15.3 Å². The van der Waals surface area contributed by atoms with Gasteiger partial charge in [0.25, 0.3) is 5.91 Å². The number of nitrogens with zero attached hydrogens (tertiary/aromatic N) is 5. The summed E-state index contributed by atoms with van der Waals surface area (Å²) in [7, 11) is 1.64. The summed E-state index contributed by atoms with van der Waals surface area (Å²) in [4.78, 5) is 83.0. The molecule has 3 saturated heterocycles. The van der Waals surface area contributed by atoms with E-state index in [2.05, 4.69) is 5.32 Å². The number of carbonyl (C=O) groups is 5. The molecule has 1 aromatic heterocycles. The molecular formula is C39H48N6O9. The number of piperidine rings is 3. The molecule has 4 aliphatic rings. The van der Waals surface area contributed by atoms with E-state index in [9.17, 15) is 28.8 Å². The quantitative estimate of drug-likeness (QED) is 0.358. The molecule has 288 valence electrons. The zero-order chi connectivity index (χ0) is 38.1. The number of aryl methyl sites for hydroxylation is 2. The van der Waals surface area contributed by atoms with Crippen LogP contribution in [-0.2, 0) is 39.0 Å². The largest absolute Gasteiger partial charge is 0.474 e. The van der Waals surface area contributed by atoms with Crippen LogP contribution in [0.2, 0.25) is 0 Å². The minimum Gasteiger partial charge on any atom is -0.474 e. The van der Waals surface area contributed by atoms with Gasteiger partial charge in [-0.3, -0.25) is 14.2 Å². The van der Waals surface area contributed by atoms with Crippen molar-refractivity contribution in [3.8, 4) is 0 Å². The number of carbonyl (C=O) groups excluding carboxylic acids is 4. The molecule has 0 spiro atoms. The lowest BCUT2D eigenvalue weighted by atomic mass is 9.78. The Morgan fingerprint density at radius 2 is 1.50 bits per heavy atom. The van der Waals surface area contributed by atoms with Crippen LogP contribution in [0.3, 0.4) is 0 Å². The van der Waals surface area contributed by atoms with Crippen LogP contribution < -0.4 is 11.1 Å². The third kappa shape index (κ3) is 7.66. The molecule has 5 amide bonds. The highest BCUT2D eigenvalue weighted by Crippen LogP contribution is 2.33. The molecular weight excluding hydrogens is 696 g/mol. The number of oxazole rings is 1. The van der Waals surface area contributed by atoms with E-state index in [1.165, 1.54) is 9.47 Å². The number of hydrogen-bond donors (Lipinski definition) is 2. The number of para-hydroxylation sites is 1. The minimum atomic E-state index is -1.43. The average molecular weight is 745 g/mol. The Bertz CT molecular complexity index is 1980. The molecule has 2 aromatic carbocycles. The molecule has 2 N–H and O–H groups in total. The van der Waals surface area contributed by atoms with Crippen LogP contribution in [0.5, 0.6) is 0 Å². The minimum absolute atomic E-state index is 0.0396. The number of hydrogen-bond acceptors (Lipinski definition) is 8. The molecule has 0 radical (unpaired) electrons. The Hall–Kier alpha value is -5.34. The molecule has 0 bridgehead atoms. The number of amides is 5. The van der Waals surface area contributed by atoms with Crippen molar-refractivity contribution in [2.24, 2.45) is 18.9 Å². The lowest BCUT2D eigenvalue weighted by Crippen LogP contribution is -2.52. The first-order valence-corrected chi connectivity index (χ1v) is 19.0. The Morgan fingerprint density at radius 1 is 0.870 bits per heavy atom. The van der Waals surface area contributed by atoms with Crippen molar-refractivity contribution in [2.75, 3.05) is 51.1 Å². The van der Waals surface area contributed by atoms with Gasteiger partial charge in [0.05, 0.1) is 5.52 Å². The topological polar surface area (TPSA) is 175 Å². The summed E-state index contributed by atoms with van der Waals surface area (Å²) < 4.78 is 13.0. The summed E-state index contributed by atoms with van der Waals surface area (Å²) in [6, 6.07) is 11.2. The van der Waals surface area contributed by atoms with Crippen molar-refractivity contribution in [3.63, 3.8) is 0 Å². The van der Waals surface area contributed by atoms with E-state index < -0.39 is 29.8 Å². The fourth-order valence-electron chi connectivity index (χ4n) is 8.89. The predicted octanol–water partition coefficient (Wildman–Crippen LogP) is 3.60. The van der Waals surface area contributed by atoms with Gasteiger partial charge in [0.1, 0.15) is 0 Å². The fourth-order valence-corrected chi connectivity index (χ4v) is 8.89. The Labute approximate surface area is 312 Å². The second kappa shape index (κ2) is 15.6. The van der Waals surface area contributed by atoms with Crippen molar-refractivity contribution >= 4 is 46.7 Å². The van der Waals surface area contributed by atoms with E-state index in [4.69, 9.17) is 14.3 Å². The summed E-state index contributed by atoms with van der Waals surface area (Å²) in [5.41, 5.74) is 4.47. The van der Waals surface area contributed by atoms with Crippen molar-refractivity contribution in [3.05, 3.63) is 63.6 Å². The van der Waals surface area contributed by atoms with Crippen molar-refractivity contribution in [1.29, 1.82) is 0 Å². The van der Waals surface area contributed by atoms with E-state index in [0.29, 0.717) is 87.2 Å². The molecule has 15 heteroatoms. The number of aliphatic carboxylic acids is 1. The second-order valence-corrected chi connectivity index (χ2v) is 15.1. The van der Waals surface area contributed by atoms with Crippen LogP contribution in [0.15, 0.2) is 45.6 Å². The van der Waals surface area contributed by atoms with Gasteiger partial charge in [0.15, 0.2) is 11.7 Å². The van der Waals surface area contributed by atoms with Crippen LogP contribution >= 0.6 is 0 Å². The summed E-state index contributed by atoms with van der Waals surface area (Å²) in [6.45, 7) is 5.01. The number of carboxylic acid groups (broad SMARTS) is 1. The molecule has 0 saturated carbocycles. The van der Waals surface area contributed by atoms with Crippen molar-refractivity contribution in [2.45, 2.75) is 70.4 Å². The fraction of sp³-hybridized carbons (Fsp3) is 0.538. The van der Waals surface area contributed by atoms with Crippen LogP contribution in [0.1, 0.15) is 55.2 Å². The van der Waals surface area contributed by atoms with Crippen molar-refractivity contribution < 1.29 is 38.2 Å². The molecule has 0 aliphatic carbocycles. The molecule has 5 heterocycles. The molecule has 54 heavy (non-hydrogen) atoms. The van der Waals surface area contributed by atoms with E-state index in [1.807, 2.05) is 42.2 Å². The van der Waals surface area contributed by atoms with Crippen LogP contribution in [-0.4, -0.2) is 117 Å². The third-order valence-corrected chi connectivity index (χ3v) is 11.9. The van der Waals surface area contributed by atoms with Crippen LogP contribution in [0.25, 0.3) is 11.1 Å². The lowest BCUT2D eigenvalue weighted by molar-refractivity contribution is -0.156. The van der Waals surface area contributed by atoms with Gasteiger partial charge in [-0.05, 0) is 92.5 Å². The zero-order valence-electron chi connectivity index (χ0n) is 30.8. The molecule has 3 aromatic rings. The first-order chi connectivity index (χ1) is 26.0. The number of rotatable bonds is 6. The first-order valence-electron chi connectivity index (χ1n) is 19.0. The van der Waals surface area contributed by atoms with E-state index >= 15 is 0 Å². The van der Waals surface area contributed by atoms with Gasteiger partial charge >= 0.3 is 29.8 Å². The number of carboxylic acids is 1. The normalized spacial score (nSPS) is 19.6. The maximum atomic E-state index is 14.2. The van der Waals surface area contributed by atoms with E-state index in [-0.39, 0.29) is 24.4 Å². The molecule has 3 fully saturated rings. The van der Waals surface area contributed by atoms with Crippen LogP contribution in [0, 0.1) is 18.8 Å². The molecule has 4 aliphatic heterocycles. The standard InChI is InChI=1S/C39H48N6O9/c1-24-21-25(22-31-33(24)41(2)38(51)53-31)23-32(34(46)42-14-7-26(8-15-42)27-9-16-43(17-10-27)35(47)36(48)49)54-39(52)44-18-12-29(13-19-44)45-20-11-28-5-3-4-6-30(28)40-37(45)50/h3-6,21-22,26-27,29,32H,7-20,23H2,1-2H3,(H,40,50)(H,48,49)/t32-/m1/s1. The SMILES string of the molecule is Cc1cc(C[C@@H](OC(=O)N2CCC(N3CCc4ccccc4NC3=O)CC2)C(=O)N2CCC(C3CCN(C(=O)C(=O)O)CC3)CC2)cc2oc(=O)n(C)c12. The Kier molecular flexibility index (Phi) is 10.7. The number of anilines is 1. The lowest BCUT2D eigenvalue weighted by Gasteiger charge is -2.40. The molecule has 1 atom stereocenters. The number of fused-ring (bicyclic) bond motifs is 2. The molecule has 7 rings (SSSR count). The monoisotopic (exact) mass is 744 g/mol. The molecule has 0 unspecified atom stereocenters. The van der Waals surface area contributed by atoms with Gasteiger partial charge in [-0.2, -0.15) is 0 Å². The highest BCUT2D eigenvalue weighted by Gasteiger charge is 2.38. The van der Waals surface area contributed by atoms with Crippen molar-refractivity contribution in [1.82, 2.24) is 24.2 Å². The summed E-state index contributed by atoms with van der Waals surface area (Å²) in [5, 5.41) is 12.1. The van der Waals surface area contributed by atoms with Gasteiger partial charge in [0, 0.05) is 71.0 Å².